The zero-order chi connectivity index (χ0) is 11.4. The van der Waals surface area contributed by atoms with Crippen LogP contribution in [0.2, 0.25) is 0 Å². The molecule has 3 nitrogen and oxygen atoms in total. The summed E-state index contributed by atoms with van der Waals surface area (Å²) in [5.41, 5.74) is 1.75. The third kappa shape index (κ3) is 2.74. The van der Waals surface area contributed by atoms with Crippen molar-refractivity contribution in [1.29, 1.82) is 5.26 Å². The summed E-state index contributed by atoms with van der Waals surface area (Å²) < 4.78 is 1.00. The predicted molar refractivity (Wildman–Crippen MR) is 66.3 cm³/mol. The molecule has 1 heterocycles. The minimum Gasteiger partial charge on any atom is -0.198 e. The van der Waals surface area contributed by atoms with Crippen molar-refractivity contribution in [2.24, 2.45) is 11.8 Å². The van der Waals surface area contributed by atoms with Gasteiger partial charge in [-0.25, -0.2) is 0 Å². The number of hydrogen-bond donors (Lipinski definition) is 0. The Labute approximate surface area is 104 Å². The first kappa shape index (κ1) is 11.9. The molecule has 1 saturated carbocycles. The van der Waals surface area contributed by atoms with Gasteiger partial charge in [0.25, 0.3) is 0 Å². The van der Waals surface area contributed by atoms with Crippen molar-refractivity contribution >= 4 is 23.1 Å². The lowest BCUT2D eigenvalue weighted by Crippen LogP contribution is -2.25. The van der Waals surface area contributed by atoms with Gasteiger partial charge in [-0.2, -0.15) is 5.26 Å². The molecule has 1 aromatic heterocycles. The van der Waals surface area contributed by atoms with Crippen LogP contribution in [0.25, 0.3) is 0 Å². The molecule has 3 unspecified atom stereocenters. The highest BCUT2D eigenvalue weighted by Crippen LogP contribution is 2.40. The summed E-state index contributed by atoms with van der Waals surface area (Å²) in [5, 5.41) is 17.5. The molecule has 0 radical (unpaired) electrons. The van der Waals surface area contributed by atoms with Crippen LogP contribution in [0.3, 0.4) is 0 Å². The van der Waals surface area contributed by atoms with Gasteiger partial charge in [0, 0.05) is 5.25 Å². The fourth-order valence-electron chi connectivity index (χ4n) is 2.20. The number of nitriles is 1. The van der Waals surface area contributed by atoms with Gasteiger partial charge in [0.15, 0.2) is 4.34 Å². The van der Waals surface area contributed by atoms with Crippen LogP contribution >= 0.6 is 23.1 Å². The number of rotatable bonds is 3. The summed E-state index contributed by atoms with van der Waals surface area (Å²) in [6.45, 7) is 2.24. The van der Waals surface area contributed by atoms with E-state index < -0.39 is 0 Å². The van der Waals surface area contributed by atoms with Crippen LogP contribution in [0.4, 0.5) is 0 Å². The molecule has 0 bridgehead atoms. The number of thioether (sulfide) groups is 1. The van der Waals surface area contributed by atoms with Crippen molar-refractivity contribution in [1.82, 2.24) is 10.2 Å². The SMILES string of the molecule is CCC1CCC(C#N)C(Sc2nncs2)C1. The Bertz CT molecular complexity index is 358. The molecule has 1 fully saturated rings. The molecule has 16 heavy (non-hydrogen) atoms. The first-order valence-electron chi connectivity index (χ1n) is 5.66. The van der Waals surface area contributed by atoms with E-state index in [0.29, 0.717) is 5.25 Å². The van der Waals surface area contributed by atoms with Gasteiger partial charge in [-0.1, -0.05) is 36.4 Å². The van der Waals surface area contributed by atoms with Crippen LogP contribution in [-0.4, -0.2) is 15.4 Å². The van der Waals surface area contributed by atoms with E-state index in [9.17, 15) is 0 Å². The number of nitrogens with zero attached hydrogens (tertiary/aromatic N) is 3. The molecular formula is C11H15N3S2. The first-order chi connectivity index (χ1) is 7.83. The Morgan fingerprint density at radius 1 is 1.62 bits per heavy atom. The summed E-state index contributed by atoms with van der Waals surface area (Å²) in [5.74, 6) is 0.978. The number of hydrogen-bond acceptors (Lipinski definition) is 5. The molecular weight excluding hydrogens is 238 g/mol. The van der Waals surface area contributed by atoms with Crippen LogP contribution in [0.1, 0.15) is 32.6 Å². The molecule has 0 amide bonds. The van der Waals surface area contributed by atoms with Gasteiger partial charge < -0.3 is 0 Å². The van der Waals surface area contributed by atoms with Gasteiger partial charge in [0.05, 0.1) is 12.0 Å². The Morgan fingerprint density at radius 3 is 3.12 bits per heavy atom. The van der Waals surface area contributed by atoms with E-state index in [0.717, 1.165) is 23.1 Å². The molecule has 1 aromatic rings. The fourth-order valence-corrected chi connectivity index (χ4v) is 4.29. The molecule has 2 rings (SSSR count). The molecule has 0 saturated heterocycles. The topological polar surface area (TPSA) is 49.6 Å². The maximum Gasteiger partial charge on any atom is 0.174 e. The van der Waals surface area contributed by atoms with Crippen LogP contribution in [0.15, 0.2) is 9.85 Å². The van der Waals surface area contributed by atoms with E-state index in [4.69, 9.17) is 5.26 Å². The summed E-state index contributed by atoms with van der Waals surface area (Å²) >= 11 is 3.31. The lowest BCUT2D eigenvalue weighted by molar-refractivity contribution is 0.317. The van der Waals surface area contributed by atoms with Crippen molar-refractivity contribution in [3.63, 3.8) is 0 Å². The van der Waals surface area contributed by atoms with Crippen LogP contribution in [0, 0.1) is 23.2 Å². The smallest absolute Gasteiger partial charge is 0.174 e. The second-order valence-corrected chi connectivity index (χ2v) is 6.50. The van der Waals surface area contributed by atoms with E-state index in [-0.39, 0.29) is 5.92 Å². The minimum atomic E-state index is 0.191. The molecule has 0 N–H and O–H groups in total. The molecule has 1 aliphatic rings. The maximum atomic E-state index is 9.15. The third-order valence-corrected chi connectivity index (χ3v) is 5.40. The summed E-state index contributed by atoms with van der Waals surface area (Å²) in [4.78, 5) is 0. The lowest BCUT2D eigenvalue weighted by Gasteiger charge is -2.31. The normalized spacial score (nSPS) is 29.9. The highest BCUT2D eigenvalue weighted by molar-refractivity contribution is 8.01. The van der Waals surface area contributed by atoms with Gasteiger partial charge in [0.1, 0.15) is 5.51 Å². The standard InChI is InChI=1S/C11H15N3S2/c1-2-8-3-4-9(6-12)10(5-8)16-11-14-13-7-15-11/h7-10H,2-5H2,1H3. The van der Waals surface area contributed by atoms with Gasteiger partial charge in [-0.05, 0) is 25.2 Å². The van der Waals surface area contributed by atoms with Gasteiger partial charge >= 0.3 is 0 Å². The summed E-state index contributed by atoms with van der Waals surface area (Å²) in [6, 6.07) is 2.45. The Morgan fingerprint density at radius 2 is 2.50 bits per heavy atom. The Balaban J connectivity index is 2.01. The first-order valence-corrected chi connectivity index (χ1v) is 7.41. The lowest BCUT2D eigenvalue weighted by atomic mass is 9.81. The van der Waals surface area contributed by atoms with E-state index in [1.165, 1.54) is 12.8 Å². The Hall–Kier alpha value is -0.600. The predicted octanol–water partition coefficient (Wildman–Crippen LogP) is 3.35. The zero-order valence-corrected chi connectivity index (χ0v) is 10.9. The fraction of sp³-hybridized carbons (Fsp3) is 0.727. The molecule has 0 spiro atoms. The van der Waals surface area contributed by atoms with Crippen molar-refractivity contribution in [2.45, 2.75) is 42.2 Å². The minimum absolute atomic E-state index is 0.191. The van der Waals surface area contributed by atoms with Crippen LogP contribution < -0.4 is 0 Å². The average Bonchev–Trinajstić information content (AvgIpc) is 2.82. The van der Waals surface area contributed by atoms with Gasteiger partial charge in [-0.15, -0.1) is 10.2 Å². The molecule has 86 valence electrons. The van der Waals surface area contributed by atoms with Crippen molar-refractivity contribution < 1.29 is 0 Å². The largest absolute Gasteiger partial charge is 0.198 e. The van der Waals surface area contributed by atoms with Gasteiger partial charge in [-0.3, -0.25) is 0 Å². The van der Waals surface area contributed by atoms with E-state index in [1.54, 1.807) is 28.6 Å². The second kappa shape index (κ2) is 5.65. The van der Waals surface area contributed by atoms with Crippen molar-refractivity contribution in [2.75, 3.05) is 0 Å². The highest BCUT2D eigenvalue weighted by atomic mass is 32.2. The average molecular weight is 253 g/mol. The van der Waals surface area contributed by atoms with Crippen LogP contribution in [-0.2, 0) is 0 Å². The quantitative estimate of drug-likeness (QED) is 0.829. The number of aromatic nitrogens is 2. The van der Waals surface area contributed by atoms with Crippen LogP contribution in [0.5, 0.6) is 0 Å². The zero-order valence-electron chi connectivity index (χ0n) is 9.30. The van der Waals surface area contributed by atoms with Gasteiger partial charge in [0.2, 0.25) is 0 Å². The van der Waals surface area contributed by atoms with E-state index in [1.807, 2.05) is 0 Å². The van der Waals surface area contributed by atoms with E-state index in [2.05, 4.69) is 23.2 Å². The van der Waals surface area contributed by atoms with Crippen molar-refractivity contribution in [3.8, 4) is 6.07 Å². The molecule has 5 heteroatoms. The summed E-state index contributed by atoms with van der Waals surface area (Å²) in [6.07, 6.45) is 4.64. The summed E-state index contributed by atoms with van der Waals surface area (Å²) in [7, 11) is 0. The second-order valence-electron chi connectivity index (χ2n) is 4.18. The third-order valence-electron chi connectivity index (χ3n) is 3.24. The highest BCUT2D eigenvalue weighted by Gasteiger charge is 2.31. The molecule has 0 aromatic carbocycles. The molecule has 3 atom stereocenters. The monoisotopic (exact) mass is 253 g/mol. The molecule has 0 aliphatic heterocycles. The Kier molecular flexibility index (Phi) is 4.19. The maximum absolute atomic E-state index is 9.15. The molecule has 1 aliphatic carbocycles. The van der Waals surface area contributed by atoms with Crippen molar-refractivity contribution in [3.05, 3.63) is 5.51 Å². The van der Waals surface area contributed by atoms with E-state index >= 15 is 0 Å².